The van der Waals surface area contributed by atoms with Gasteiger partial charge in [0.05, 0.1) is 0 Å². The van der Waals surface area contributed by atoms with Gasteiger partial charge >= 0.3 is 5.97 Å². The molecule has 2 fully saturated rings. The third kappa shape index (κ3) is 3.19. The van der Waals surface area contributed by atoms with Crippen molar-refractivity contribution < 1.29 is 14.3 Å². The van der Waals surface area contributed by atoms with Gasteiger partial charge in [0.1, 0.15) is 11.9 Å². The average Bonchev–Trinajstić information content (AvgIpc) is 3.00. The first kappa shape index (κ1) is 20.7. The van der Waals surface area contributed by atoms with Gasteiger partial charge in [-0.1, -0.05) is 91.0 Å². The number of esters is 1. The number of carbonyl (C=O) groups excluding carboxylic acids is 2. The lowest BCUT2D eigenvalue weighted by molar-refractivity contribution is -0.179. The molecule has 0 heterocycles. The van der Waals surface area contributed by atoms with E-state index in [-0.39, 0.29) is 18.0 Å². The Morgan fingerprint density at radius 3 is 1.91 bits per heavy atom. The molecule has 2 aliphatic carbocycles. The Bertz CT molecular complexity index is 1110. The van der Waals surface area contributed by atoms with Crippen LogP contribution in [0, 0.1) is 10.8 Å². The highest BCUT2D eigenvalue weighted by Gasteiger charge is 2.76. The summed E-state index contributed by atoms with van der Waals surface area (Å²) in [6.07, 6.45) is 2.24. The summed E-state index contributed by atoms with van der Waals surface area (Å²) < 4.78 is 5.99. The number of Topliss-reactive ketones (excluding diaryl/α,β-unsaturated/α-hetero) is 1. The number of ketones is 1. The fourth-order valence-electron chi connectivity index (χ4n) is 6.43. The predicted molar refractivity (Wildman–Crippen MR) is 124 cm³/mol. The second-order valence-corrected chi connectivity index (χ2v) is 9.35. The molecule has 0 N–H and O–H groups in total. The number of carbonyl (C=O) groups is 2. The van der Waals surface area contributed by atoms with E-state index in [1.54, 1.807) is 0 Å². The number of rotatable bonds is 6. The van der Waals surface area contributed by atoms with E-state index in [1.807, 2.05) is 54.6 Å². The summed E-state index contributed by atoms with van der Waals surface area (Å²) >= 11 is 0. The lowest BCUT2D eigenvalue weighted by atomic mass is 9.43. The monoisotopic (exact) mass is 424 g/mol. The molecule has 4 atom stereocenters. The lowest BCUT2D eigenvalue weighted by Crippen LogP contribution is -2.64. The number of fused-ring (bicyclic) bond motifs is 1. The Morgan fingerprint density at radius 2 is 1.38 bits per heavy atom. The topological polar surface area (TPSA) is 43.4 Å². The molecule has 0 amide bonds. The van der Waals surface area contributed by atoms with Gasteiger partial charge < -0.3 is 4.74 Å². The van der Waals surface area contributed by atoms with Gasteiger partial charge in [0, 0.05) is 30.1 Å². The summed E-state index contributed by atoms with van der Waals surface area (Å²) in [5.41, 5.74) is 2.49. The first-order valence-corrected chi connectivity index (χ1v) is 11.4. The zero-order valence-corrected chi connectivity index (χ0v) is 18.4. The Kier molecular flexibility index (Phi) is 5.21. The van der Waals surface area contributed by atoms with E-state index in [0.29, 0.717) is 25.0 Å². The molecule has 0 saturated heterocycles. The van der Waals surface area contributed by atoms with Crippen molar-refractivity contribution in [1.29, 1.82) is 0 Å². The third-order valence-electron chi connectivity index (χ3n) is 7.72. The van der Waals surface area contributed by atoms with Crippen molar-refractivity contribution in [1.82, 2.24) is 0 Å². The van der Waals surface area contributed by atoms with Gasteiger partial charge in [0.25, 0.3) is 0 Å². The second kappa shape index (κ2) is 8.05. The molecule has 0 aliphatic heterocycles. The van der Waals surface area contributed by atoms with Crippen molar-refractivity contribution in [2.75, 3.05) is 0 Å². The first-order valence-electron chi connectivity index (χ1n) is 11.4. The zero-order valence-electron chi connectivity index (χ0n) is 18.4. The van der Waals surface area contributed by atoms with Crippen LogP contribution in [0.1, 0.15) is 42.4 Å². The summed E-state index contributed by atoms with van der Waals surface area (Å²) in [6.45, 7) is 1.48. The van der Waals surface area contributed by atoms with Crippen LogP contribution in [0.25, 0.3) is 0 Å². The van der Waals surface area contributed by atoms with Crippen LogP contribution < -0.4 is 0 Å². The molecule has 0 radical (unpaired) electrons. The number of hydrogen-bond donors (Lipinski definition) is 0. The molecule has 5 rings (SSSR count). The minimum atomic E-state index is -0.592. The van der Waals surface area contributed by atoms with Gasteiger partial charge in [-0.3, -0.25) is 9.59 Å². The smallest absolute Gasteiger partial charge is 0.302 e. The molecule has 3 heteroatoms. The Morgan fingerprint density at radius 1 is 0.844 bits per heavy atom. The fourth-order valence-corrected chi connectivity index (χ4v) is 6.43. The average molecular weight is 425 g/mol. The summed E-state index contributed by atoms with van der Waals surface area (Å²) in [5, 5.41) is 0. The van der Waals surface area contributed by atoms with Gasteiger partial charge in [0.15, 0.2) is 0 Å². The predicted octanol–water partition coefficient (Wildman–Crippen LogP) is 5.54. The standard InChI is InChI=1S/C29H28O3/c1-21(30)32-27-17-25(24-15-9-4-10-16-24)29(19-23-13-7-3-8-14-23)26(31)20-28(27,29)18-22-11-5-2-6-12-22/h2-16,25,27H,17-20H2,1H3/t25-,27+,28-,29-/m1/s1. The minimum absolute atomic E-state index is 0.0122. The molecule has 162 valence electrons. The van der Waals surface area contributed by atoms with E-state index in [0.717, 1.165) is 17.5 Å². The van der Waals surface area contributed by atoms with E-state index in [1.165, 1.54) is 12.5 Å². The molecular weight excluding hydrogens is 396 g/mol. The van der Waals surface area contributed by atoms with Gasteiger partial charge in [-0.25, -0.2) is 0 Å². The maximum absolute atomic E-state index is 13.7. The van der Waals surface area contributed by atoms with Crippen molar-refractivity contribution in [3.63, 3.8) is 0 Å². The molecule has 2 aliphatic rings. The molecule has 3 nitrogen and oxygen atoms in total. The molecule has 3 aromatic rings. The highest BCUT2D eigenvalue weighted by atomic mass is 16.5. The molecule has 0 aromatic heterocycles. The van der Waals surface area contributed by atoms with Crippen LogP contribution in [-0.2, 0) is 27.2 Å². The third-order valence-corrected chi connectivity index (χ3v) is 7.72. The Labute approximate surface area is 189 Å². The van der Waals surface area contributed by atoms with Crippen molar-refractivity contribution in [3.8, 4) is 0 Å². The molecule has 32 heavy (non-hydrogen) atoms. The van der Waals surface area contributed by atoms with Crippen LogP contribution in [0.2, 0.25) is 0 Å². The Hall–Kier alpha value is -3.20. The van der Waals surface area contributed by atoms with Crippen LogP contribution in [0.5, 0.6) is 0 Å². The number of hydrogen-bond acceptors (Lipinski definition) is 3. The van der Waals surface area contributed by atoms with Crippen LogP contribution >= 0.6 is 0 Å². The van der Waals surface area contributed by atoms with Gasteiger partial charge in [-0.05, 0) is 36.0 Å². The summed E-state index contributed by atoms with van der Waals surface area (Å²) in [4.78, 5) is 25.9. The molecule has 0 unspecified atom stereocenters. The van der Waals surface area contributed by atoms with Crippen molar-refractivity contribution in [2.24, 2.45) is 10.8 Å². The van der Waals surface area contributed by atoms with E-state index >= 15 is 0 Å². The highest BCUT2D eigenvalue weighted by Crippen LogP contribution is 2.72. The van der Waals surface area contributed by atoms with Crippen molar-refractivity contribution in [2.45, 2.75) is 44.6 Å². The van der Waals surface area contributed by atoms with E-state index in [9.17, 15) is 9.59 Å². The summed E-state index contributed by atoms with van der Waals surface area (Å²) in [7, 11) is 0. The molecular formula is C29H28O3. The van der Waals surface area contributed by atoms with Gasteiger partial charge in [0.2, 0.25) is 0 Å². The second-order valence-electron chi connectivity index (χ2n) is 9.35. The van der Waals surface area contributed by atoms with Crippen LogP contribution in [-0.4, -0.2) is 17.9 Å². The zero-order chi connectivity index (χ0) is 22.2. The van der Waals surface area contributed by atoms with Gasteiger partial charge in [-0.15, -0.1) is 0 Å². The lowest BCUT2D eigenvalue weighted by Gasteiger charge is -2.58. The quantitative estimate of drug-likeness (QED) is 0.488. The normalized spacial score (nSPS) is 28.6. The van der Waals surface area contributed by atoms with Crippen LogP contribution in [0.15, 0.2) is 91.0 Å². The van der Waals surface area contributed by atoms with Gasteiger partial charge in [-0.2, -0.15) is 0 Å². The van der Waals surface area contributed by atoms with E-state index in [2.05, 4.69) is 36.4 Å². The summed E-state index contributed by atoms with van der Waals surface area (Å²) in [6, 6.07) is 30.9. The van der Waals surface area contributed by atoms with Crippen LogP contribution in [0.3, 0.4) is 0 Å². The highest BCUT2D eigenvalue weighted by molar-refractivity contribution is 5.96. The SMILES string of the molecule is CC(=O)O[C@H]1C[C@H](c2ccccc2)[C@]2(Cc3ccccc3)C(=O)C[C@]12Cc1ccccc1. The van der Waals surface area contributed by atoms with Crippen LogP contribution in [0.4, 0.5) is 0 Å². The molecule has 0 bridgehead atoms. The van der Waals surface area contributed by atoms with E-state index < -0.39 is 10.8 Å². The fraction of sp³-hybridized carbons (Fsp3) is 0.310. The van der Waals surface area contributed by atoms with Crippen molar-refractivity contribution >= 4 is 11.8 Å². The largest absolute Gasteiger partial charge is 0.462 e. The molecule has 2 saturated carbocycles. The maximum atomic E-state index is 13.7. The number of ether oxygens (including phenoxy) is 1. The Balaban J connectivity index is 1.67. The first-order chi connectivity index (χ1) is 15.5. The number of benzene rings is 3. The van der Waals surface area contributed by atoms with Crippen molar-refractivity contribution in [3.05, 3.63) is 108 Å². The minimum Gasteiger partial charge on any atom is -0.462 e. The molecule has 0 spiro atoms. The summed E-state index contributed by atoms with van der Waals surface area (Å²) in [5.74, 6) is 0.0307. The van der Waals surface area contributed by atoms with E-state index in [4.69, 9.17) is 4.74 Å². The molecule has 3 aromatic carbocycles. The maximum Gasteiger partial charge on any atom is 0.302 e.